The molecule has 1 rings (SSSR count). The first kappa shape index (κ1) is 12.5. The first-order valence-electron chi connectivity index (χ1n) is 5.59. The molecule has 0 aromatic heterocycles. The average Bonchev–Trinajstić information content (AvgIpc) is 2.29. The number of methoxy groups -OCH3 is 2. The first-order chi connectivity index (χ1) is 7.26. The van der Waals surface area contributed by atoms with Gasteiger partial charge in [-0.05, 0) is 25.7 Å². The molecular formula is C11H21NO3. The number of hydrogen-bond acceptors (Lipinski definition) is 4. The standard InChI is InChI=1S/C11H21NO3/c1-14-10-5-3-9(4-6-10)12-8-7-11(13)15-2/h9-10,12H,3-8H2,1-2H3. The van der Waals surface area contributed by atoms with Crippen LogP contribution in [0, 0.1) is 0 Å². The summed E-state index contributed by atoms with van der Waals surface area (Å²) in [6.45, 7) is 0.717. The van der Waals surface area contributed by atoms with Gasteiger partial charge in [0.05, 0.1) is 19.6 Å². The number of ether oxygens (including phenoxy) is 2. The monoisotopic (exact) mass is 215 g/mol. The zero-order chi connectivity index (χ0) is 11.1. The van der Waals surface area contributed by atoms with E-state index in [1.54, 1.807) is 7.11 Å². The maximum Gasteiger partial charge on any atom is 0.306 e. The second-order valence-corrected chi connectivity index (χ2v) is 3.99. The van der Waals surface area contributed by atoms with E-state index in [9.17, 15) is 4.79 Å². The quantitative estimate of drug-likeness (QED) is 0.698. The lowest BCUT2D eigenvalue weighted by atomic mass is 9.93. The summed E-state index contributed by atoms with van der Waals surface area (Å²) in [6, 6.07) is 0.543. The molecule has 0 amide bonds. The normalized spacial score (nSPS) is 26.3. The van der Waals surface area contributed by atoms with E-state index in [4.69, 9.17) is 4.74 Å². The van der Waals surface area contributed by atoms with Crippen molar-refractivity contribution in [2.24, 2.45) is 0 Å². The third kappa shape index (κ3) is 4.62. The van der Waals surface area contributed by atoms with Crippen LogP contribution in [0.4, 0.5) is 0 Å². The number of hydrogen-bond donors (Lipinski definition) is 1. The second-order valence-electron chi connectivity index (χ2n) is 3.99. The third-order valence-corrected chi connectivity index (χ3v) is 3.00. The molecule has 0 bridgehead atoms. The van der Waals surface area contributed by atoms with Crippen LogP contribution in [0.25, 0.3) is 0 Å². The van der Waals surface area contributed by atoms with Crippen molar-refractivity contribution >= 4 is 5.97 Å². The Labute approximate surface area is 91.3 Å². The average molecular weight is 215 g/mol. The SMILES string of the molecule is COC(=O)CCNC1CCC(OC)CC1. The highest BCUT2D eigenvalue weighted by Gasteiger charge is 2.20. The van der Waals surface area contributed by atoms with Gasteiger partial charge in [-0.2, -0.15) is 0 Å². The molecule has 1 saturated carbocycles. The lowest BCUT2D eigenvalue weighted by Crippen LogP contribution is -2.36. The van der Waals surface area contributed by atoms with Gasteiger partial charge >= 0.3 is 5.97 Å². The molecule has 88 valence electrons. The van der Waals surface area contributed by atoms with Crippen molar-refractivity contribution in [3.8, 4) is 0 Å². The Morgan fingerprint density at radius 2 is 1.93 bits per heavy atom. The van der Waals surface area contributed by atoms with E-state index < -0.39 is 0 Å². The Balaban J connectivity index is 2.06. The lowest BCUT2D eigenvalue weighted by Gasteiger charge is -2.28. The third-order valence-electron chi connectivity index (χ3n) is 3.00. The van der Waals surface area contributed by atoms with E-state index in [0.29, 0.717) is 18.6 Å². The molecular weight excluding hydrogens is 194 g/mol. The van der Waals surface area contributed by atoms with Gasteiger partial charge in [0.2, 0.25) is 0 Å². The van der Waals surface area contributed by atoms with E-state index in [1.807, 2.05) is 0 Å². The number of nitrogens with one attached hydrogen (secondary N) is 1. The first-order valence-corrected chi connectivity index (χ1v) is 5.59. The topological polar surface area (TPSA) is 47.6 Å². The molecule has 0 saturated heterocycles. The Kier molecular flexibility index (Phi) is 5.65. The van der Waals surface area contributed by atoms with Gasteiger partial charge in [-0.25, -0.2) is 0 Å². The van der Waals surface area contributed by atoms with E-state index in [-0.39, 0.29) is 5.97 Å². The molecule has 0 aromatic carbocycles. The molecule has 0 atom stereocenters. The van der Waals surface area contributed by atoms with Gasteiger partial charge in [-0.3, -0.25) is 4.79 Å². The molecule has 0 unspecified atom stereocenters. The molecule has 0 radical (unpaired) electrons. The predicted octanol–water partition coefficient (Wildman–Crippen LogP) is 1.10. The van der Waals surface area contributed by atoms with Crippen molar-refractivity contribution in [2.75, 3.05) is 20.8 Å². The molecule has 15 heavy (non-hydrogen) atoms. The Morgan fingerprint density at radius 1 is 1.27 bits per heavy atom. The number of esters is 1. The number of carbonyl (C=O) groups is 1. The molecule has 0 heterocycles. The van der Waals surface area contributed by atoms with Gasteiger partial charge in [0.25, 0.3) is 0 Å². The summed E-state index contributed by atoms with van der Waals surface area (Å²) in [7, 11) is 3.20. The van der Waals surface area contributed by atoms with Gasteiger partial charge in [0, 0.05) is 19.7 Å². The molecule has 0 aromatic rings. The zero-order valence-corrected chi connectivity index (χ0v) is 9.62. The Morgan fingerprint density at radius 3 is 2.47 bits per heavy atom. The van der Waals surface area contributed by atoms with Gasteiger partial charge in [0.1, 0.15) is 0 Å². The smallest absolute Gasteiger partial charge is 0.306 e. The van der Waals surface area contributed by atoms with Crippen LogP contribution in [0.15, 0.2) is 0 Å². The highest BCUT2D eigenvalue weighted by atomic mass is 16.5. The summed E-state index contributed by atoms with van der Waals surface area (Å²) in [5.74, 6) is -0.145. The molecule has 0 aliphatic heterocycles. The van der Waals surface area contributed by atoms with Crippen molar-refractivity contribution in [1.29, 1.82) is 0 Å². The largest absolute Gasteiger partial charge is 0.469 e. The highest BCUT2D eigenvalue weighted by Crippen LogP contribution is 2.20. The maximum absolute atomic E-state index is 10.9. The Hall–Kier alpha value is -0.610. The van der Waals surface area contributed by atoms with Gasteiger partial charge in [-0.1, -0.05) is 0 Å². The van der Waals surface area contributed by atoms with Crippen LogP contribution in [-0.4, -0.2) is 38.9 Å². The minimum absolute atomic E-state index is 0.145. The fourth-order valence-electron chi connectivity index (χ4n) is 1.98. The minimum Gasteiger partial charge on any atom is -0.469 e. The number of rotatable bonds is 5. The second kappa shape index (κ2) is 6.80. The summed E-state index contributed by atoms with van der Waals surface area (Å²) in [4.78, 5) is 10.9. The summed E-state index contributed by atoms with van der Waals surface area (Å²) < 4.78 is 9.87. The fraction of sp³-hybridized carbons (Fsp3) is 0.909. The Bertz CT molecular complexity index is 188. The zero-order valence-electron chi connectivity index (χ0n) is 9.62. The summed E-state index contributed by atoms with van der Waals surface area (Å²) in [5.41, 5.74) is 0. The van der Waals surface area contributed by atoms with Crippen molar-refractivity contribution in [3.05, 3.63) is 0 Å². The van der Waals surface area contributed by atoms with Crippen LogP contribution >= 0.6 is 0 Å². The van der Waals surface area contributed by atoms with Crippen LogP contribution in [0.2, 0.25) is 0 Å². The summed E-state index contributed by atoms with van der Waals surface area (Å²) >= 11 is 0. The molecule has 1 aliphatic rings. The minimum atomic E-state index is -0.145. The molecule has 0 spiro atoms. The van der Waals surface area contributed by atoms with Crippen molar-refractivity contribution in [1.82, 2.24) is 5.32 Å². The van der Waals surface area contributed by atoms with Gasteiger partial charge < -0.3 is 14.8 Å². The van der Waals surface area contributed by atoms with E-state index in [1.165, 1.54) is 7.11 Å². The van der Waals surface area contributed by atoms with Crippen LogP contribution in [0.5, 0.6) is 0 Å². The molecule has 1 fully saturated rings. The van der Waals surface area contributed by atoms with Gasteiger partial charge in [0.15, 0.2) is 0 Å². The predicted molar refractivity (Wildman–Crippen MR) is 57.7 cm³/mol. The van der Waals surface area contributed by atoms with Crippen molar-refractivity contribution in [2.45, 2.75) is 44.2 Å². The van der Waals surface area contributed by atoms with E-state index in [2.05, 4.69) is 10.1 Å². The number of carbonyl (C=O) groups excluding carboxylic acids is 1. The maximum atomic E-state index is 10.9. The molecule has 4 nitrogen and oxygen atoms in total. The van der Waals surface area contributed by atoms with Crippen molar-refractivity contribution < 1.29 is 14.3 Å². The van der Waals surface area contributed by atoms with Crippen LogP contribution in [0.3, 0.4) is 0 Å². The fourth-order valence-corrected chi connectivity index (χ4v) is 1.98. The molecule has 1 aliphatic carbocycles. The molecule has 4 heteroatoms. The summed E-state index contributed by atoms with van der Waals surface area (Å²) in [5, 5.41) is 3.38. The summed E-state index contributed by atoms with van der Waals surface area (Å²) in [6.07, 6.45) is 5.41. The van der Waals surface area contributed by atoms with E-state index >= 15 is 0 Å². The van der Waals surface area contributed by atoms with Crippen molar-refractivity contribution in [3.63, 3.8) is 0 Å². The van der Waals surface area contributed by atoms with Crippen LogP contribution < -0.4 is 5.32 Å². The van der Waals surface area contributed by atoms with Gasteiger partial charge in [-0.15, -0.1) is 0 Å². The highest BCUT2D eigenvalue weighted by molar-refractivity contribution is 5.69. The molecule has 1 N–H and O–H groups in total. The van der Waals surface area contributed by atoms with Crippen LogP contribution in [-0.2, 0) is 14.3 Å². The lowest BCUT2D eigenvalue weighted by molar-refractivity contribution is -0.140. The van der Waals surface area contributed by atoms with Crippen LogP contribution in [0.1, 0.15) is 32.1 Å². The van der Waals surface area contributed by atoms with E-state index in [0.717, 1.165) is 32.2 Å².